The summed E-state index contributed by atoms with van der Waals surface area (Å²) < 4.78 is 44.0. The highest BCUT2D eigenvalue weighted by molar-refractivity contribution is 5.76. The van der Waals surface area contributed by atoms with Crippen LogP contribution in [0.3, 0.4) is 0 Å². The molecule has 16 heavy (non-hydrogen) atoms. The van der Waals surface area contributed by atoms with Crippen molar-refractivity contribution in [2.45, 2.75) is 50.3 Å². The molecule has 1 atom stereocenters. The fourth-order valence-electron chi connectivity index (χ4n) is 1.74. The highest BCUT2D eigenvalue weighted by Crippen LogP contribution is 2.42. The second kappa shape index (κ2) is 4.61. The van der Waals surface area contributed by atoms with Gasteiger partial charge in [-0.05, 0) is 19.8 Å². The van der Waals surface area contributed by atoms with Crippen molar-refractivity contribution in [3.8, 4) is 0 Å². The van der Waals surface area contributed by atoms with Crippen LogP contribution in [-0.2, 0) is 9.53 Å². The molecule has 94 valence electrons. The van der Waals surface area contributed by atoms with Crippen LogP contribution in [0.2, 0.25) is 0 Å². The van der Waals surface area contributed by atoms with Gasteiger partial charge in [-0.2, -0.15) is 0 Å². The van der Waals surface area contributed by atoms with Crippen molar-refractivity contribution >= 4 is 5.97 Å². The van der Waals surface area contributed by atoms with Crippen LogP contribution in [0.25, 0.3) is 0 Å². The first-order valence-corrected chi connectivity index (χ1v) is 5.22. The van der Waals surface area contributed by atoms with Gasteiger partial charge < -0.3 is 9.84 Å². The molecule has 3 nitrogen and oxygen atoms in total. The fourth-order valence-corrected chi connectivity index (χ4v) is 1.74. The predicted octanol–water partition coefficient (Wildman–Crippen LogP) is 1.83. The highest BCUT2D eigenvalue weighted by Gasteiger charge is 2.50. The average Bonchev–Trinajstić information content (AvgIpc) is 2.22. The maximum atomic E-state index is 14.0. The van der Waals surface area contributed by atoms with Crippen LogP contribution in [0, 0.1) is 0 Å². The molecule has 0 spiro atoms. The summed E-state index contributed by atoms with van der Waals surface area (Å²) in [7, 11) is 0. The molecule has 1 fully saturated rings. The van der Waals surface area contributed by atoms with Crippen LogP contribution in [-0.4, -0.2) is 35.4 Å². The number of aliphatic hydroxyl groups is 1. The van der Waals surface area contributed by atoms with E-state index < -0.39 is 49.3 Å². The number of carbonyl (C=O) groups excluding carboxylic acids is 1. The molecule has 1 unspecified atom stereocenters. The largest absolute Gasteiger partial charge is 0.464 e. The van der Waals surface area contributed by atoms with Gasteiger partial charge in [-0.3, -0.25) is 0 Å². The lowest BCUT2D eigenvalue weighted by Gasteiger charge is -2.35. The lowest BCUT2D eigenvalue weighted by atomic mass is 9.80. The van der Waals surface area contributed by atoms with Crippen LogP contribution in [0.4, 0.5) is 13.2 Å². The van der Waals surface area contributed by atoms with E-state index in [9.17, 15) is 23.1 Å². The van der Waals surface area contributed by atoms with Crippen molar-refractivity contribution in [3.05, 3.63) is 0 Å². The lowest BCUT2D eigenvalue weighted by molar-refractivity contribution is -0.170. The van der Waals surface area contributed by atoms with E-state index in [0.717, 1.165) is 0 Å². The monoisotopic (exact) mass is 240 g/mol. The number of carbonyl (C=O) groups is 1. The Morgan fingerprint density at radius 3 is 2.25 bits per heavy atom. The molecular weight excluding hydrogens is 225 g/mol. The van der Waals surface area contributed by atoms with Crippen LogP contribution < -0.4 is 0 Å². The molecule has 1 rings (SSSR count). The van der Waals surface area contributed by atoms with Gasteiger partial charge in [-0.1, -0.05) is 0 Å². The molecule has 0 aromatic rings. The topological polar surface area (TPSA) is 46.5 Å². The molecule has 0 radical (unpaired) electrons. The summed E-state index contributed by atoms with van der Waals surface area (Å²) in [5.41, 5.74) is -2.28. The third-order valence-corrected chi connectivity index (χ3v) is 2.81. The number of esters is 1. The number of alkyl halides is 3. The minimum atomic E-state index is -2.90. The SMILES string of the molecule is CCOC(=O)C(O)C1(F)CCC(F)(F)CC1. The molecule has 0 amide bonds. The van der Waals surface area contributed by atoms with Gasteiger partial charge in [-0.15, -0.1) is 0 Å². The number of ether oxygens (including phenoxy) is 1. The first-order chi connectivity index (χ1) is 7.31. The Hall–Kier alpha value is -0.780. The molecule has 0 heterocycles. The number of aliphatic hydroxyl groups excluding tert-OH is 1. The van der Waals surface area contributed by atoms with Crippen LogP contribution >= 0.6 is 0 Å². The van der Waals surface area contributed by atoms with E-state index in [1.54, 1.807) is 0 Å². The average molecular weight is 240 g/mol. The van der Waals surface area contributed by atoms with Gasteiger partial charge >= 0.3 is 5.97 Å². The van der Waals surface area contributed by atoms with Gasteiger partial charge in [0, 0.05) is 12.8 Å². The Kier molecular flexibility index (Phi) is 3.83. The molecule has 0 aromatic heterocycles. The van der Waals surface area contributed by atoms with Gasteiger partial charge in [0.1, 0.15) is 5.67 Å². The van der Waals surface area contributed by atoms with E-state index in [-0.39, 0.29) is 6.61 Å². The Bertz CT molecular complexity index is 258. The summed E-state index contributed by atoms with van der Waals surface area (Å²) in [5.74, 6) is -3.99. The molecule has 1 aliphatic carbocycles. The normalized spacial score (nSPS) is 24.8. The number of halogens is 3. The molecule has 0 aliphatic heterocycles. The first-order valence-electron chi connectivity index (χ1n) is 5.22. The number of hydrogen-bond donors (Lipinski definition) is 1. The van der Waals surface area contributed by atoms with Crippen molar-refractivity contribution < 1.29 is 27.8 Å². The fraction of sp³-hybridized carbons (Fsp3) is 0.900. The van der Waals surface area contributed by atoms with Crippen molar-refractivity contribution in [3.63, 3.8) is 0 Å². The second-order valence-electron chi connectivity index (χ2n) is 4.05. The lowest BCUT2D eigenvalue weighted by Crippen LogP contribution is -2.48. The van der Waals surface area contributed by atoms with Crippen LogP contribution in [0.5, 0.6) is 0 Å². The predicted molar refractivity (Wildman–Crippen MR) is 49.9 cm³/mol. The molecule has 6 heteroatoms. The summed E-state index contributed by atoms with van der Waals surface area (Å²) in [5, 5.41) is 9.41. The molecule has 1 aliphatic rings. The van der Waals surface area contributed by atoms with E-state index in [4.69, 9.17) is 0 Å². The van der Waals surface area contributed by atoms with E-state index in [1.165, 1.54) is 6.92 Å². The molecule has 0 saturated heterocycles. The Labute approximate surface area is 91.6 Å². The van der Waals surface area contributed by atoms with Gasteiger partial charge in [0.2, 0.25) is 5.92 Å². The molecule has 1 saturated carbocycles. The minimum absolute atomic E-state index is 0.0160. The van der Waals surface area contributed by atoms with E-state index >= 15 is 0 Å². The molecule has 0 bridgehead atoms. The first kappa shape index (κ1) is 13.3. The van der Waals surface area contributed by atoms with E-state index in [2.05, 4.69) is 4.74 Å². The maximum Gasteiger partial charge on any atom is 0.338 e. The Morgan fingerprint density at radius 1 is 1.31 bits per heavy atom. The summed E-state index contributed by atoms with van der Waals surface area (Å²) in [6.07, 6.45) is -4.33. The second-order valence-corrected chi connectivity index (χ2v) is 4.05. The third-order valence-electron chi connectivity index (χ3n) is 2.81. The molecule has 1 N–H and O–H groups in total. The third kappa shape index (κ3) is 2.87. The zero-order chi connectivity index (χ0) is 12.4. The van der Waals surface area contributed by atoms with Gasteiger partial charge in [0.05, 0.1) is 6.61 Å². The number of rotatable bonds is 3. The summed E-state index contributed by atoms with van der Waals surface area (Å²) in [4.78, 5) is 11.1. The van der Waals surface area contributed by atoms with Gasteiger partial charge in [0.15, 0.2) is 6.10 Å². The smallest absolute Gasteiger partial charge is 0.338 e. The molecule has 0 aromatic carbocycles. The highest BCUT2D eigenvalue weighted by atomic mass is 19.3. The van der Waals surface area contributed by atoms with Gasteiger partial charge in [-0.25, -0.2) is 18.0 Å². The molecular formula is C10H15F3O3. The van der Waals surface area contributed by atoms with Crippen LogP contribution in [0.1, 0.15) is 32.6 Å². The van der Waals surface area contributed by atoms with Crippen LogP contribution in [0.15, 0.2) is 0 Å². The van der Waals surface area contributed by atoms with E-state index in [1.807, 2.05) is 0 Å². The standard InChI is InChI=1S/C10H15F3O3/c1-2-16-8(15)7(14)9(11)3-5-10(12,13)6-4-9/h7,14H,2-6H2,1H3. The number of hydrogen-bond acceptors (Lipinski definition) is 3. The summed E-state index contributed by atoms with van der Waals surface area (Å²) >= 11 is 0. The van der Waals surface area contributed by atoms with Gasteiger partial charge in [0.25, 0.3) is 0 Å². The van der Waals surface area contributed by atoms with Crippen molar-refractivity contribution in [2.24, 2.45) is 0 Å². The minimum Gasteiger partial charge on any atom is -0.464 e. The quantitative estimate of drug-likeness (QED) is 0.765. The maximum absolute atomic E-state index is 14.0. The van der Waals surface area contributed by atoms with E-state index in [0.29, 0.717) is 0 Å². The zero-order valence-electron chi connectivity index (χ0n) is 9.01. The Balaban J connectivity index is 2.62. The van der Waals surface area contributed by atoms with Crippen molar-refractivity contribution in [2.75, 3.05) is 6.61 Å². The van der Waals surface area contributed by atoms with Crippen molar-refractivity contribution in [1.82, 2.24) is 0 Å². The van der Waals surface area contributed by atoms with Crippen molar-refractivity contribution in [1.29, 1.82) is 0 Å². The summed E-state index contributed by atoms with van der Waals surface area (Å²) in [6.45, 7) is 1.53. The zero-order valence-corrected chi connectivity index (χ0v) is 9.01. The Morgan fingerprint density at radius 2 is 1.81 bits per heavy atom. The summed E-state index contributed by atoms with van der Waals surface area (Å²) in [6, 6.07) is 0.